The minimum atomic E-state index is 0.252. The van der Waals surface area contributed by atoms with Crippen molar-refractivity contribution in [2.45, 2.75) is 25.4 Å². The summed E-state index contributed by atoms with van der Waals surface area (Å²) in [5.74, 6) is 1.96. The highest BCUT2D eigenvalue weighted by molar-refractivity contribution is 5.44. The zero-order chi connectivity index (χ0) is 13.8. The highest BCUT2D eigenvalue weighted by Crippen LogP contribution is 2.32. The van der Waals surface area contributed by atoms with E-state index in [4.69, 9.17) is 15.2 Å². The third kappa shape index (κ3) is 3.39. The average molecular weight is 264 g/mol. The minimum Gasteiger partial charge on any atom is -0.493 e. The first-order chi connectivity index (χ1) is 9.13. The molecule has 0 spiro atoms. The zero-order valence-corrected chi connectivity index (χ0v) is 12.1. The molecule has 19 heavy (non-hydrogen) atoms. The van der Waals surface area contributed by atoms with Gasteiger partial charge < -0.3 is 20.1 Å². The second kappa shape index (κ2) is 6.26. The van der Waals surface area contributed by atoms with Crippen LogP contribution >= 0.6 is 0 Å². The Hall–Kier alpha value is -1.26. The van der Waals surface area contributed by atoms with E-state index in [0.29, 0.717) is 12.5 Å². The number of benzene rings is 1. The maximum atomic E-state index is 6.10. The van der Waals surface area contributed by atoms with E-state index in [2.05, 4.69) is 31.0 Å². The van der Waals surface area contributed by atoms with Crippen molar-refractivity contribution >= 4 is 0 Å². The Morgan fingerprint density at radius 1 is 1.42 bits per heavy atom. The highest BCUT2D eigenvalue weighted by Gasteiger charge is 2.22. The Morgan fingerprint density at radius 2 is 2.21 bits per heavy atom. The van der Waals surface area contributed by atoms with Crippen molar-refractivity contribution in [1.82, 2.24) is 4.90 Å². The molecule has 4 nitrogen and oxygen atoms in total. The molecule has 2 N–H and O–H groups in total. The van der Waals surface area contributed by atoms with Gasteiger partial charge in [-0.2, -0.15) is 0 Å². The van der Waals surface area contributed by atoms with Crippen LogP contribution in [0.4, 0.5) is 0 Å². The molecule has 0 saturated carbocycles. The summed E-state index contributed by atoms with van der Waals surface area (Å²) in [5.41, 5.74) is 6.93. The van der Waals surface area contributed by atoms with Crippen LogP contribution in [-0.2, 0) is 0 Å². The fourth-order valence-electron chi connectivity index (χ4n) is 2.40. The van der Waals surface area contributed by atoms with Crippen LogP contribution in [0.15, 0.2) is 18.2 Å². The molecule has 1 saturated heterocycles. The second-order valence-corrected chi connectivity index (χ2v) is 5.34. The summed E-state index contributed by atoms with van der Waals surface area (Å²) >= 11 is 0. The van der Waals surface area contributed by atoms with Crippen LogP contribution in [0, 0.1) is 0 Å². The van der Waals surface area contributed by atoms with E-state index in [0.717, 1.165) is 31.0 Å². The fourth-order valence-corrected chi connectivity index (χ4v) is 2.40. The molecule has 1 aliphatic rings. The van der Waals surface area contributed by atoms with E-state index in [-0.39, 0.29) is 6.10 Å². The molecule has 2 unspecified atom stereocenters. The number of ether oxygens (including phenoxy) is 2. The topological polar surface area (TPSA) is 47.7 Å². The van der Waals surface area contributed by atoms with E-state index in [1.54, 1.807) is 7.11 Å². The third-order valence-corrected chi connectivity index (χ3v) is 3.75. The predicted molar refractivity (Wildman–Crippen MR) is 77.0 cm³/mol. The van der Waals surface area contributed by atoms with Crippen LogP contribution in [0.5, 0.6) is 11.5 Å². The number of hydrogen-bond donors (Lipinski definition) is 1. The van der Waals surface area contributed by atoms with Crippen molar-refractivity contribution < 1.29 is 9.47 Å². The third-order valence-electron chi connectivity index (χ3n) is 3.75. The number of rotatable bonds is 5. The number of likely N-dealkylation sites (tertiary alicyclic amines) is 1. The van der Waals surface area contributed by atoms with Crippen LogP contribution in [0.3, 0.4) is 0 Å². The Morgan fingerprint density at radius 3 is 2.79 bits per heavy atom. The standard InChI is InChI=1S/C15H24N2O2/c1-11(9-16)12-4-5-14(18-3)15(8-12)19-13-6-7-17(2)10-13/h4-5,8,11,13H,6-7,9-10,16H2,1-3H3. The first kappa shape index (κ1) is 14.2. The summed E-state index contributed by atoms with van der Waals surface area (Å²) < 4.78 is 11.5. The minimum absolute atomic E-state index is 0.252. The lowest BCUT2D eigenvalue weighted by molar-refractivity contribution is 0.199. The molecule has 0 amide bonds. The molecule has 1 aromatic carbocycles. The first-order valence-electron chi connectivity index (χ1n) is 6.87. The Labute approximate surface area is 115 Å². The monoisotopic (exact) mass is 264 g/mol. The van der Waals surface area contributed by atoms with Crippen LogP contribution < -0.4 is 15.2 Å². The van der Waals surface area contributed by atoms with Crippen LogP contribution in [0.2, 0.25) is 0 Å². The average Bonchev–Trinajstić information content (AvgIpc) is 2.83. The highest BCUT2D eigenvalue weighted by atomic mass is 16.5. The van der Waals surface area contributed by atoms with Gasteiger partial charge >= 0.3 is 0 Å². The number of nitrogens with two attached hydrogens (primary N) is 1. The smallest absolute Gasteiger partial charge is 0.161 e. The molecule has 2 atom stereocenters. The maximum absolute atomic E-state index is 6.10. The lowest BCUT2D eigenvalue weighted by atomic mass is 10.0. The number of hydrogen-bond acceptors (Lipinski definition) is 4. The SMILES string of the molecule is COc1ccc(C(C)CN)cc1OC1CCN(C)C1. The second-order valence-electron chi connectivity index (χ2n) is 5.34. The number of likely N-dealkylation sites (N-methyl/N-ethyl adjacent to an activating group) is 1. The number of methoxy groups -OCH3 is 1. The van der Waals surface area contributed by atoms with Gasteiger partial charge in [-0.1, -0.05) is 13.0 Å². The van der Waals surface area contributed by atoms with Crippen molar-refractivity contribution in [2.24, 2.45) is 5.73 Å². The predicted octanol–water partition coefficient (Wildman–Crippen LogP) is 1.84. The van der Waals surface area contributed by atoms with Gasteiger partial charge in [-0.15, -0.1) is 0 Å². The molecular formula is C15H24N2O2. The van der Waals surface area contributed by atoms with E-state index in [1.807, 2.05) is 6.07 Å². The Balaban J connectivity index is 2.16. The maximum Gasteiger partial charge on any atom is 0.161 e. The molecule has 2 rings (SSSR count). The van der Waals surface area contributed by atoms with E-state index < -0.39 is 0 Å². The summed E-state index contributed by atoms with van der Waals surface area (Å²) in [6.07, 6.45) is 1.32. The quantitative estimate of drug-likeness (QED) is 0.881. The van der Waals surface area contributed by atoms with Gasteiger partial charge in [0.1, 0.15) is 6.10 Å². The molecule has 1 aromatic rings. The van der Waals surface area contributed by atoms with Gasteiger partial charge in [0.05, 0.1) is 7.11 Å². The van der Waals surface area contributed by atoms with Crippen LogP contribution in [-0.4, -0.2) is 44.8 Å². The first-order valence-corrected chi connectivity index (χ1v) is 6.87. The fraction of sp³-hybridized carbons (Fsp3) is 0.600. The molecule has 0 radical (unpaired) electrons. The van der Waals surface area contributed by atoms with E-state index >= 15 is 0 Å². The summed E-state index contributed by atoms with van der Waals surface area (Å²) in [4.78, 5) is 2.28. The summed E-state index contributed by atoms with van der Waals surface area (Å²) in [7, 11) is 3.79. The largest absolute Gasteiger partial charge is 0.493 e. The molecule has 1 aliphatic heterocycles. The molecule has 106 valence electrons. The van der Waals surface area contributed by atoms with Crippen molar-refractivity contribution in [3.05, 3.63) is 23.8 Å². The number of nitrogens with zero attached hydrogens (tertiary/aromatic N) is 1. The van der Waals surface area contributed by atoms with Gasteiger partial charge in [-0.05, 0) is 43.6 Å². The summed E-state index contributed by atoms with van der Waals surface area (Å²) in [5, 5.41) is 0. The molecule has 0 aliphatic carbocycles. The molecule has 0 bridgehead atoms. The normalized spacial score (nSPS) is 21.4. The van der Waals surface area contributed by atoms with E-state index in [9.17, 15) is 0 Å². The van der Waals surface area contributed by atoms with Gasteiger partial charge in [-0.25, -0.2) is 0 Å². The zero-order valence-electron chi connectivity index (χ0n) is 12.1. The molecule has 0 aromatic heterocycles. The van der Waals surface area contributed by atoms with Crippen LogP contribution in [0.25, 0.3) is 0 Å². The van der Waals surface area contributed by atoms with Gasteiger partial charge in [0.15, 0.2) is 11.5 Å². The Bertz CT molecular complexity index is 423. The lowest BCUT2D eigenvalue weighted by Crippen LogP contribution is -2.21. The summed E-state index contributed by atoms with van der Waals surface area (Å²) in [6, 6.07) is 6.09. The van der Waals surface area contributed by atoms with Gasteiger partial charge in [-0.3, -0.25) is 0 Å². The molecule has 1 fully saturated rings. The molecule has 1 heterocycles. The van der Waals surface area contributed by atoms with Crippen molar-refractivity contribution in [3.63, 3.8) is 0 Å². The molecule has 4 heteroatoms. The lowest BCUT2D eigenvalue weighted by Gasteiger charge is -2.18. The summed E-state index contributed by atoms with van der Waals surface area (Å²) in [6.45, 7) is 4.82. The van der Waals surface area contributed by atoms with Gasteiger partial charge in [0, 0.05) is 13.1 Å². The van der Waals surface area contributed by atoms with Crippen LogP contribution in [0.1, 0.15) is 24.8 Å². The van der Waals surface area contributed by atoms with Crippen molar-refractivity contribution in [3.8, 4) is 11.5 Å². The van der Waals surface area contributed by atoms with E-state index in [1.165, 1.54) is 5.56 Å². The van der Waals surface area contributed by atoms with Crippen molar-refractivity contribution in [1.29, 1.82) is 0 Å². The van der Waals surface area contributed by atoms with Crippen molar-refractivity contribution in [2.75, 3.05) is 33.8 Å². The van der Waals surface area contributed by atoms with Gasteiger partial charge in [0.2, 0.25) is 0 Å². The Kier molecular flexibility index (Phi) is 4.66. The van der Waals surface area contributed by atoms with Gasteiger partial charge in [0.25, 0.3) is 0 Å². The molecular weight excluding hydrogens is 240 g/mol.